The molecular formula is C21H16N2O4. The van der Waals surface area contributed by atoms with Crippen LogP contribution >= 0.6 is 0 Å². The molecule has 4 amide bonds. The summed E-state index contributed by atoms with van der Waals surface area (Å²) in [5, 5.41) is 2.13. The lowest BCUT2D eigenvalue weighted by Gasteiger charge is -2.28. The molecule has 1 aliphatic heterocycles. The van der Waals surface area contributed by atoms with Gasteiger partial charge in [-0.3, -0.25) is 19.4 Å². The largest absolute Gasteiger partial charge is 0.457 e. The molecule has 1 aromatic heterocycles. The summed E-state index contributed by atoms with van der Waals surface area (Å²) >= 11 is 0. The highest BCUT2D eigenvalue weighted by molar-refractivity contribution is 6.30. The maximum absolute atomic E-state index is 12.3. The van der Waals surface area contributed by atoms with E-state index in [9.17, 15) is 14.4 Å². The zero-order valence-corrected chi connectivity index (χ0v) is 14.8. The third-order valence-electron chi connectivity index (χ3n) is 4.61. The Kier molecular flexibility index (Phi) is 3.88. The Hall–Kier alpha value is -3.67. The van der Waals surface area contributed by atoms with Crippen molar-refractivity contribution in [3.8, 4) is 11.3 Å². The summed E-state index contributed by atoms with van der Waals surface area (Å²) in [5.74, 6) is -0.296. The van der Waals surface area contributed by atoms with E-state index in [1.165, 1.54) is 20.2 Å². The van der Waals surface area contributed by atoms with E-state index in [0.717, 1.165) is 26.1 Å². The van der Waals surface area contributed by atoms with Crippen LogP contribution in [0.25, 0.3) is 28.2 Å². The number of likely N-dealkylation sites (N-methyl/N-ethyl adjacent to an activating group) is 2. The maximum atomic E-state index is 12.3. The number of imide groups is 2. The molecule has 2 heterocycles. The molecule has 27 heavy (non-hydrogen) atoms. The fraction of sp³-hybridized carbons (Fsp3) is 0.0952. The Morgan fingerprint density at radius 3 is 2.22 bits per heavy atom. The first-order chi connectivity index (χ1) is 13.0. The molecule has 1 fully saturated rings. The van der Waals surface area contributed by atoms with Crippen LogP contribution in [0, 0.1) is 0 Å². The van der Waals surface area contributed by atoms with Crippen LogP contribution in [0.1, 0.15) is 5.76 Å². The van der Waals surface area contributed by atoms with E-state index < -0.39 is 17.8 Å². The van der Waals surface area contributed by atoms with E-state index in [-0.39, 0.29) is 5.57 Å². The van der Waals surface area contributed by atoms with E-state index in [0.29, 0.717) is 11.5 Å². The maximum Gasteiger partial charge on any atom is 0.333 e. The van der Waals surface area contributed by atoms with Crippen molar-refractivity contribution >= 4 is 34.7 Å². The van der Waals surface area contributed by atoms with E-state index in [2.05, 4.69) is 0 Å². The fourth-order valence-corrected chi connectivity index (χ4v) is 3.13. The Labute approximate surface area is 155 Å². The molecule has 3 aromatic rings. The standard InChI is InChI=1S/C21H16N2O4/c1-22-19(24)17(20(25)23(2)21(22)26)12-14-10-11-18(27-14)16-9-5-7-13-6-3-4-8-15(13)16/h3-12H,1-2H3. The van der Waals surface area contributed by atoms with Gasteiger partial charge in [-0.15, -0.1) is 0 Å². The van der Waals surface area contributed by atoms with Gasteiger partial charge in [-0.1, -0.05) is 42.5 Å². The molecule has 2 aromatic carbocycles. The number of furan rings is 1. The Bertz CT molecular complexity index is 1090. The van der Waals surface area contributed by atoms with Gasteiger partial charge in [-0.05, 0) is 29.0 Å². The quantitative estimate of drug-likeness (QED) is 0.518. The van der Waals surface area contributed by atoms with E-state index >= 15 is 0 Å². The Morgan fingerprint density at radius 2 is 1.48 bits per heavy atom. The minimum absolute atomic E-state index is 0.113. The van der Waals surface area contributed by atoms with Crippen molar-refractivity contribution in [1.82, 2.24) is 9.80 Å². The lowest BCUT2D eigenvalue weighted by atomic mass is 10.0. The average Bonchev–Trinajstić information content (AvgIpc) is 3.16. The van der Waals surface area contributed by atoms with Crippen molar-refractivity contribution in [2.75, 3.05) is 14.1 Å². The number of fused-ring (bicyclic) bond motifs is 1. The number of amides is 4. The third kappa shape index (κ3) is 2.71. The highest BCUT2D eigenvalue weighted by Gasteiger charge is 2.38. The molecule has 0 bridgehead atoms. The highest BCUT2D eigenvalue weighted by Crippen LogP contribution is 2.30. The smallest absolute Gasteiger partial charge is 0.333 e. The van der Waals surface area contributed by atoms with Gasteiger partial charge in [-0.25, -0.2) is 4.79 Å². The number of nitrogens with zero attached hydrogens (tertiary/aromatic N) is 2. The minimum Gasteiger partial charge on any atom is -0.457 e. The van der Waals surface area contributed by atoms with Crippen molar-refractivity contribution in [2.45, 2.75) is 0 Å². The van der Waals surface area contributed by atoms with E-state index in [1.54, 1.807) is 12.1 Å². The van der Waals surface area contributed by atoms with Crippen LogP contribution in [-0.2, 0) is 9.59 Å². The van der Waals surface area contributed by atoms with Crippen LogP contribution in [0.2, 0.25) is 0 Å². The van der Waals surface area contributed by atoms with Crippen molar-refractivity contribution in [3.05, 3.63) is 65.9 Å². The number of urea groups is 1. The van der Waals surface area contributed by atoms with Gasteiger partial charge in [-0.2, -0.15) is 0 Å². The second kappa shape index (κ2) is 6.25. The van der Waals surface area contributed by atoms with Gasteiger partial charge in [0.25, 0.3) is 11.8 Å². The zero-order valence-electron chi connectivity index (χ0n) is 14.8. The monoisotopic (exact) mass is 360 g/mol. The van der Waals surface area contributed by atoms with E-state index in [1.807, 2.05) is 42.5 Å². The average molecular weight is 360 g/mol. The molecule has 0 aliphatic carbocycles. The number of barbiturate groups is 1. The molecule has 0 spiro atoms. The number of hydrogen-bond donors (Lipinski definition) is 0. The van der Waals surface area contributed by atoms with Crippen LogP contribution in [0.3, 0.4) is 0 Å². The summed E-state index contributed by atoms with van der Waals surface area (Å²) in [7, 11) is 2.68. The topological polar surface area (TPSA) is 70.8 Å². The van der Waals surface area contributed by atoms with Gasteiger partial charge in [0.2, 0.25) is 0 Å². The molecule has 0 saturated carbocycles. The molecule has 1 aliphatic rings. The van der Waals surface area contributed by atoms with Gasteiger partial charge in [0, 0.05) is 19.7 Å². The van der Waals surface area contributed by atoms with Crippen molar-refractivity contribution < 1.29 is 18.8 Å². The van der Waals surface area contributed by atoms with Crippen LogP contribution in [0.4, 0.5) is 4.79 Å². The van der Waals surface area contributed by atoms with Crippen molar-refractivity contribution in [3.63, 3.8) is 0 Å². The predicted molar refractivity (Wildman–Crippen MR) is 101 cm³/mol. The predicted octanol–water partition coefficient (Wildman–Crippen LogP) is 3.53. The molecule has 0 unspecified atom stereocenters. The summed E-state index contributed by atoms with van der Waals surface area (Å²) in [6.45, 7) is 0. The summed E-state index contributed by atoms with van der Waals surface area (Å²) < 4.78 is 5.87. The van der Waals surface area contributed by atoms with Gasteiger partial charge < -0.3 is 4.42 Å². The number of benzene rings is 2. The third-order valence-corrected chi connectivity index (χ3v) is 4.61. The van der Waals surface area contributed by atoms with E-state index in [4.69, 9.17) is 4.42 Å². The molecular weight excluding hydrogens is 344 g/mol. The SMILES string of the molecule is CN1C(=O)C(=Cc2ccc(-c3cccc4ccccc34)o2)C(=O)N(C)C1=O. The summed E-state index contributed by atoms with van der Waals surface area (Å²) in [6, 6.07) is 16.7. The van der Waals surface area contributed by atoms with Gasteiger partial charge in [0.1, 0.15) is 17.1 Å². The Balaban J connectivity index is 1.75. The fourth-order valence-electron chi connectivity index (χ4n) is 3.13. The lowest BCUT2D eigenvalue weighted by molar-refractivity contribution is -0.134. The normalized spacial score (nSPS) is 15.0. The summed E-state index contributed by atoms with van der Waals surface area (Å²) in [5.41, 5.74) is 0.807. The molecule has 0 N–H and O–H groups in total. The van der Waals surface area contributed by atoms with Crippen LogP contribution in [0.5, 0.6) is 0 Å². The molecule has 6 heteroatoms. The number of hydrogen-bond acceptors (Lipinski definition) is 4. The first kappa shape index (κ1) is 16.8. The van der Waals surface area contributed by atoms with Crippen LogP contribution in [-0.4, -0.2) is 41.7 Å². The Morgan fingerprint density at radius 1 is 0.815 bits per heavy atom. The number of rotatable bonds is 2. The first-order valence-electron chi connectivity index (χ1n) is 8.37. The first-order valence-corrected chi connectivity index (χ1v) is 8.37. The molecule has 134 valence electrons. The van der Waals surface area contributed by atoms with Gasteiger partial charge >= 0.3 is 6.03 Å². The zero-order chi connectivity index (χ0) is 19.1. The number of carbonyl (C=O) groups is 3. The van der Waals surface area contributed by atoms with Crippen LogP contribution in [0.15, 0.2) is 64.6 Å². The molecule has 0 atom stereocenters. The second-order valence-electron chi connectivity index (χ2n) is 6.30. The molecule has 4 rings (SSSR count). The number of carbonyl (C=O) groups excluding carboxylic acids is 3. The van der Waals surface area contributed by atoms with Crippen molar-refractivity contribution in [1.29, 1.82) is 0 Å². The summed E-state index contributed by atoms with van der Waals surface area (Å²) in [6.07, 6.45) is 1.37. The lowest BCUT2D eigenvalue weighted by Crippen LogP contribution is -2.52. The highest BCUT2D eigenvalue weighted by atomic mass is 16.3. The molecule has 6 nitrogen and oxygen atoms in total. The van der Waals surface area contributed by atoms with Crippen LogP contribution < -0.4 is 0 Å². The second-order valence-corrected chi connectivity index (χ2v) is 6.30. The van der Waals surface area contributed by atoms with Crippen molar-refractivity contribution in [2.24, 2.45) is 0 Å². The summed E-state index contributed by atoms with van der Waals surface area (Å²) in [4.78, 5) is 38.2. The molecule has 0 radical (unpaired) electrons. The van der Waals surface area contributed by atoms with Gasteiger partial charge in [0.15, 0.2) is 0 Å². The van der Waals surface area contributed by atoms with Gasteiger partial charge in [0.05, 0.1) is 0 Å². The minimum atomic E-state index is -0.655. The molecule has 1 saturated heterocycles.